The lowest BCUT2D eigenvalue weighted by molar-refractivity contribution is -0.137. The highest BCUT2D eigenvalue weighted by Crippen LogP contribution is 2.29. The predicted molar refractivity (Wildman–Crippen MR) is 85.3 cm³/mol. The fraction of sp³-hybridized carbons (Fsp3) is 0.176. The van der Waals surface area contributed by atoms with Gasteiger partial charge in [0.2, 0.25) is 10.0 Å². The van der Waals surface area contributed by atoms with Gasteiger partial charge >= 0.3 is 6.18 Å². The summed E-state index contributed by atoms with van der Waals surface area (Å²) in [6, 6.07) is 9.44. The second-order valence-electron chi connectivity index (χ2n) is 5.09. The molecule has 2 rings (SSSR count). The summed E-state index contributed by atoms with van der Waals surface area (Å²) in [5, 5.41) is 0. The van der Waals surface area contributed by atoms with Gasteiger partial charge in [0.25, 0.3) is 0 Å². The SMILES string of the molecule is O=S(=O)(Cc1ccc(F)cc1)NCC#Cc1cccc(C(F)(F)F)c1. The molecule has 0 aliphatic rings. The number of nitrogens with one attached hydrogen (secondary N) is 1. The third kappa shape index (κ3) is 6.21. The molecule has 0 fully saturated rings. The van der Waals surface area contributed by atoms with Crippen LogP contribution in [0.15, 0.2) is 48.5 Å². The summed E-state index contributed by atoms with van der Waals surface area (Å²) in [5.74, 6) is 4.12. The topological polar surface area (TPSA) is 46.2 Å². The monoisotopic (exact) mass is 371 g/mol. The Morgan fingerprint density at radius 2 is 1.72 bits per heavy atom. The molecule has 3 nitrogen and oxygen atoms in total. The van der Waals surface area contributed by atoms with Crippen molar-refractivity contribution in [1.82, 2.24) is 4.72 Å². The lowest BCUT2D eigenvalue weighted by Gasteiger charge is -2.06. The number of sulfonamides is 1. The Balaban J connectivity index is 1.96. The Kier molecular flexibility index (Phi) is 5.82. The van der Waals surface area contributed by atoms with Crippen LogP contribution in [0.5, 0.6) is 0 Å². The van der Waals surface area contributed by atoms with Crippen molar-refractivity contribution in [2.24, 2.45) is 0 Å². The predicted octanol–water partition coefficient (Wildman–Crippen LogP) is 3.32. The molecule has 2 aromatic rings. The molecule has 0 heterocycles. The van der Waals surface area contributed by atoms with Crippen LogP contribution in [0.2, 0.25) is 0 Å². The minimum atomic E-state index is -4.46. The van der Waals surface area contributed by atoms with Crippen molar-refractivity contribution < 1.29 is 26.0 Å². The van der Waals surface area contributed by atoms with E-state index < -0.39 is 27.6 Å². The molecule has 132 valence electrons. The van der Waals surface area contributed by atoms with E-state index >= 15 is 0 Å². The second-order valence-corrected chi connectivity index (χ2v) is 6.89. The Morgan fingerprint density at radius 3 is 2.36 bits per heavy atom. The molecule has 0 aliphatic heterocycles. The summed E-state index contributed by atoms with van der Waals surface area (Å²) in [6.45, 7) is -0.250. The molecule has 0 radical (unpaired) electrons. The Bertz CT molecular complexity index is 895. The van der Waals surface area contributed by atoms with Crippen molar-refractivity contribution in [3.05, 3.63) is 71.0 Å². The van der Waals surface area contributed by atoms with E-state index in [1.165, 1.54) is 24.3 Å². The Morgan fingerprint density at radius 1 is 1.04 bits per heavy atom. The number of benzene rings is 2. The van der Waals surface area contributed by atoms with Crippen molar-refractivity contribution in [2.45, 2.75) is 11.9 Å². The van der Waals surface area contributed by atoms with Crippen molar-refractivity contribution in [3.63, 3.8) is 0 Å². The average Bonchev–Trinajstić information content (AvgIpc) is 2.53. The van der Waals surface area contributed by atoms with Crippen LogP contribution in [0.4, 0.5) is 17.6 Å². The second kappa shape index (κ2) is 7.68. The summed E-state index contributed by atoms with van der Waals surface area (Å²) < 4.78 is 76.5. The molecular weight excluding hydrogens is 358 g/mol. The first kappa shape index (κ1) is 19.0. The maximum absolute atomic E-state index is 12.8. The number of alkyl halides is 3. The number of halogens is 4. The van der Waals surface area contributed by atoms with E-state index in [4.69, 9.17) is 0 Å². The number of hydrogen-bond acceptors (Lipinski definition) is 2. The van der Waals surface area contributed by atoms with Crippen LogP contribution < -0.4 is 4.72 Å². The van der Waals surface area contributed by atoms with Crippen LogP contribution in [0.1, 0.15) is 16.7 Å². The lowest BCUT2D eigenvalue weighted by Crippen LogP contribution is -2.25. The molecule has 0 spiro atoms. The zero-order chi connectivity index (χ0) is 18.5. The summed E-state index contributed by atoms with van der Waals surface area (Å²) in [4.78, 5) is 0. The van der Waals surface area contributed by atoms with Gasteiger partial charge in [0.15, 0.2) is 0 Å². The molecule has 0 bridgehead atoms. The van der Waals surface area contributed by atoms with Gasteiger partial charge < -0.3 is 0 Å². The van der Waals surface area contributed by atoms with Gasteiger partial charge in [0.1, 0.15) is 5.82 Å². The van der Waals surface area contributed by atoms with Gasteiger partial charge in [-0.1, -0.05) is 30.0 Å². The first-order chi connectivity index (χ1) is 11.7. The van der Waals surface area contributed by atoms with Gasteiger partial charge in [-0.15, -0.1) is 0 Å². The Hall–Kier alpha value is -2.37. The smallest absolute Gasteiger partial charge is 0.212 e. The van der Waals surface area contributed by atoms with E-state index in [1.54, 1.807) is 0 Å². The van der Waals surface area contributed by atoms with E-state index in [9.17, 15) is 26.0 Å². The fourth-order valence-electron chi connectivity index (χ4n) is 1.92. The summed E-state index contributed by atoms with van der Waals surface area (Å²) in [5.41, 5.74) is -0.288. The molecule has 0 atom stereocenters. The minimum absolute atomic E-state index is 0.132. The van der Waals surface area contributed by atoms with Crippen molar-refractivity contribution in [2.75, 3.05) is 6.54 Å². The zero-order valence-corrected chi connectivity index (χ0v) is 13.6. The lowest BCUT2D eigenvalue weighted by atomic mass is 10.1. The van der Waals surface area contributed by atoms with Crippen molar-refractivity contribution in [1.29, 1.82) is 0 Å². The normalized spacial score (nSPS) is 11.7. The van der Waals surface area contributed by atoms with Crippen LogP contribution in [0.3, 0.4) is 0 Å². The van der Waals surface area contributed by atoms with E-state index in [0.29, 0.717) is 5.56 Å². The average molecular weight is 371 g/mol. The van der Waals surface area contributed by atoms with Gasteiger partial charge in [-0.05, 0) is 35.9 Å². The van der Waals surface area contributed by atoms with E-state index in [1.807, 2.05) is 0 Å². The van der Waals surface area contributed by atoms with Gasteiger partial charge in [0.05, 0.1) is 17.9 Å². The molecule has 25 heavy (non-hydrogen) atoms. The molecule has 0 amide bonds. The molecule has 0 unspecified atom stereocenters. The van der Waals surface area contributed by atoms with E-state index in [2.05, 4.69) is 16.6 Å². The standard InChI is InChI=1S/C17H13F4NO2S/c18-16-8-6-14(7-9-16)12-25(23,24)22-10-2-4-13-3-1-5-15(11-13)17(19,20)21/h1,3,5-9,11,22H,10,12H2. The highest BCUT2D eigenvalue weighted by atomic mass is 32.2. The summed E-state index contributed by atoms with van der Waals surface area (Å²) in [7, 11) is -3.69. The molecule has 2 aromatic carbocycles. The van der Waals surface area contributed by atoms with E-state index in [0.717, 1.165) is 24.3 Å². The molecule has 0 aromatic heterocycles. The maximum Gasteiger partial charge on any atom is 0.416 e. The van der Waals surface area contributed by atoms with Crippen molar-refractivity contribution >= 4 is 10.0 Å². The molecule has 1 N–H and O–H groups in total. The molecule has 8 heteroatoms. The molecular formula is C17H13F4NO2S. The van der Waals surface area contributed by atoms with Crippen LogP contribution in [-0.4, -0.2) is 15.0 Å². The number of rotatable bonds is 4. The first-order valence-corrected chi connectivity index (χ1v) is 8.69. The summed E-state index contributed by atoms with van der Waals surface area (Å²) >= 11 is 0. The molecule has 0 saturated heterocycles. The third-order valence-electron chi connectivity index (χ3n) is 3.07. The highest BCUT2D eigenvalue weighted by molar-refractivity contribution is 7.88. The number of hydrogen-bond donors (Lipinski definition) is 1. The third-order valence-corrected chi connectivity index (χ3v) is 4.37. The van der Waals surface area contributed by atoms with Gasteiger partial charge in [-0.25, -0.2) is 17.5 Å². The zero-order valence-electron chi connectivity index (χ0n) is 12.8. The van der Waals surface area contributed by atoms with Crippen LogP contribution in [0, 0.1) is 17.7 Å². The summed E-state index contributed by atoms with van der Waals surface area (Å²) in [6.07, 6.45) is -4.46. The largest absolute Gasteiger partial charge is 0.416 e. The first-order valence-electron chi connectivity index (χ1n) is 7.04. The Labute approximate surface area is 142 Å². The van der Waals surface area contributed by atoms with Crippen LogP contribution in [-0.2, 0) is 22.0 Å². The highest BCUT2D eigenvalue weighted by Gasteiger charge is 2.30. The molecule has 0 saturated carbocycles. The van der Waals surface area contributed by atoms with Crippen LogP contribution >= 0.6 is 0 Å². The minimum Gasteiger partial charge on any atom is -0.212 e. The van der Waals surface area contributed by atoms with Gasteiger partial charge in [-0.3, -0.25) is 0 Å². The molecule has 0 aliphatic carbocycles. The maximum atomic E-state index is 12.8. The van der Waals surface area contributed by atoms with Crippen LogP contribution in [0.25, 0.3) is 0 Å². The quantitative estimate of drug-likeness (QED) is 0.662. The van der Waals surface area contributed by atoms with Gasteiger partial charge in [-0.2, -0.15) is 13.2 Å². The van der Waals surface area contributed by atoms with Crippen molar-refractivity contribution in [3.8, 4) is 11.8 Å². The van der Waals surface area contributed by atoms with Gasteiger partial charge in [0, 0.05) is 5.56 Å². The fourth-order valence-corrected chi connectivity index (χ4v) is 2.94. The van der Waals surface area contributed by atoms with E-state index in [-0.39, 0.29) is 17.9 Å².